The van der Waals surface area contributed by atoms with Crippen molar-refractivity contribution in [1.82, 2.24) is 4.98 Å². The molecule has 1 aliphatic rings. The average Bonchev–Trinajstić information content (AvgIpc) is 2.69. The van der Waals surface area contributed by atoms with Gasteiger partial charge in [0, 0.05) is 13.1 Å². The first-order valence-corrected chi connectivity index (χ1v) is 6.64. The van der Waals surface area contributed by atoms with Crippen molar-refractivity contribution in [3.05, 3.63) is 5.38 Å². The van der Waals surface area contributed by atoms with E-state index in [1.165, 1.54) is 38.5 Å². The van der Waals surface area contributed by atoms with Crippen LogP contribution in [0.3, 0.4) is 0 Å². The molecule has 1 aromatic heterocycles. The minimum absolute atomic E-state index is 0.162. The number of aromatic nitrogens is 1. The monoisotopic (exact) mass is 226 g/mol. The highest BCUT2D eigenvalue weighted by atomic mass is 32.1. The lowest BCUT2D eigenvalue weighted by atomic mass is 10.1. The maximum Gasteiger partial charge on any atom is 0.223 e. The Morgan fingerprint density at radius 2 is 1.67 bits per heavy atom. The molecule has 1 aromatic rings. The zero-order valence-electron chi connectivity index (χ0n) is 8.98. The molecule has 15 heavy (non-hydrogen) atoms. The maximum absolute atomic E-state index is 9.24. The lowest BCUT2D eigenvalue weighted by Gasteiger charge is -2.20. The topological polar surface area (TPSA) is 36.4 Å². The summed E-state index contributed by atoms with van der Waals surface area (Å²) >= 11 is 1.54. The molecule has 0 aliphatic carbocycles. The van der Waals surface area contributed by atoms with Gasteiger partial charge >= 0.3 is 0 Å². The summed E-state index contributed by atoms with van der Waals surface area (Å²) in [6.07, 6.45) is 7.90. The van der Waals surface area contributed by atoms with Crippen molar-refractivity contribution in [2.24, 2.45) is 0 Å². The van der Waals surface area contributed by atoms with Crippen molar-refractivity contribution in [3.63, 3.8) is 0 Å². The lowest BCUT2D eigenvalue weighted by molar-refractivity contribution is 0.457. The van der Waals surface area contributed by atoms with Crippen LogP contribution in [0.15, 0.2) is 5.38 Å². The second-order valence-corrected chi connectivity index (χ2v) is 4.93. The fourth-order valence-electron chi connectivity index (χ4n) is 2.02. The van der Waals surface area contributed by atoms with Gasteiger partial charge in [-0.2, -0.15) is 4.98 Å². The Balaban J connectivity index is 1.98. The lowest BCUT2D eigenvalue weighted by Crippen LogP contribution is -2.25. The van der Waals surface area contributed by atoms with Gasteiger partial charge in [-0.3, -0.25) is 0 Å². The Kier molecular flexibility index (Phi) is 3.83. The Morgan fingerprint density at radius 3 is 2.20 bits per heavy atom. The fraction of sp³-hybridized carbons (Fsp3) is 0.727. The summed E-state index contributed by atoms with van der Waals surface area (Å²) in [5.74, 6) is 0.162. The van der Waals surface area contributed by atoms with Crippen molar-refractivity contribution < 1.29 is 5.11 Å². The highest BCUT2D eigenvalue weighted by Crippen LogP contribution is 2.25. The molecule has 1 saturated heterocycles. The summed E-state index contributed by atoms with van der Waals surface area (Å²) in [6, 6.07) is 0. The van der Waals surface area contributed by atoms with Crippen molar-refractivity contribution in [1.29, 1.82) is 0 Å². The van der Waals surface area contributed by atoms with Crippen LogP contribution in [0, 0.1) is 0 Å². The Hall–Kier alpha value is -0.770. The van der Waals surface area contributed by atoms with Gasteiger partial charge in [-0.15, -0.1) is 11.3 Å². The Bertz CT molecular complexity index is 291. The molecule has 0 saturated carbocycles. The molecule has 84 valence electrons. The van der Waals surface area contributed by atoms with Gasteiger partial charge in [0.25, 0.3) is 0 Å². The summed E-state index contributed by atoms with van der Waals surface area (Å²) in [7, 11) is 0. The van der Waals surface area contributed by atoms with E-state index < -0.39 is 0 Å². The van der Waals surface area contributed by atoms with Gasteiger partial charge in [-0.05, 0) is 12.8 Å². The van der Waals surface area contributed by atoms with Gasteiger partial charge in [0.2, 0.25) is 5.88 Å². The zero-order valence-corrected chi connectivity index (χ0v) is 9.80. The fourth-order valence-corrected chi connectivity index (χ4v) is 2.76. The number of thiazole rings is 1. The van der Waals surface area contributed by atoms with E-state index in [0.717, 1.165) is 18.2 Å². The summed E-state index contributed by atoms with van der Waals surface area (Å²) in [5.41, 5.74) is 0. The molecule has 0 atom stereocenters. The third-order valence-electron chi connectivity index (χ3n) is 2.86. The third-order valence-corrected chi connectivity index (χ3v) is 3.75. The van der Waals surface area contributed by atoms with Crippen LogP contribution in [0.2, 0.25) is 0 Å². The number of hydrogen-bond donors (Lipinski definition) is 1. The van der Waals surface area contributed by atoms with Crippen LogP contribution in [0.1, 0.15) is 38.5 Å². The molecule has 3 nitrogen and oxygen atoms in total. The van der Waals surface area contributed by atoms with Crippen LogP contribution in [-0.2, 0) is 0 Å². The largest absolute Gasteiger partial charge is 0.493 e. The molecule has 0 amide bonds. The number of nitrogens with zero attached hydrogens (tertiary/aromatic N) is 2. The molecule has 0 bridgehead atoms. The van der Waals surface area contributed by atoms with Gasteiger partial charge in [-0.25, -0.2) is 0 Å². The molecule has 1 fully saturated rings. The summed E-state index contributed by atoms with van der Waals surface area (Å²) < 4.78 is 0. The molecule has 4 heteroatoms. The first-order valence-electron chi connectivity index (χ1n) is 5.76. The molecule has 2 rings (SSSR count). The first kappa shape index (κ1) is 10.7. The number of anilines is 1. The molecule has 0 radical (unpaired) electrons. The van der Waals surface area contributed by atoms with E-state index in [1.54, 1.807) is 16.7 Å². The van der Waals surface area contributed by atoms with Crippen LogP contribution in [-0.4, -0.2) is 23.2 Å². The summed E-state index contributed by atoms with van der Waals surface area (Å²) in [4.78, 5) is 6.45. The molecule has 0 aromatic carbocycles. The molecule has 0 spiro atoms. The van der Waals surface area contributed by atoms with Crippen LogP contribution in [0.25, 0.3) is 0 Å². The molecule has 2 heterocycles. The van der Waals surface area contributed by atoms with Gasteiger partial charge in [-0.1, -0.05) is 25.7 Å². The maximum atomic E-state index is 9.24. The van der Waals surface area contributed by atoms with Gasteiger partial charge in [0.1, 0.15) is 0 Å². The van der Waals surface area contributed by atoms with E-state index in [9.17, 15) is 5.11 Å². The Labute approximate surface area is 94.8 Å². The van der Waals surface area contributed by atoms with Gasteiger partial charge < -0.3 is 10.0 Å². The zero-order chi connectivity index (χ0) is 10.5. The smallest absolute Gasteiger partial charge is 0.223 e. The highest BCUT2D eigenvalue weighted by molar-refractivity contribution is 7.13. The molecule has 1 N–H and O–H groups in total. The molecule has 0 unspecified atom stereocenters. The van der Waals surface area contributed by atoms with Gasteiger partial charge in [0.05, 0.1) is 5.38 Å². The van der Waals surface area contributed by atoms with Crippen molar-refractivity contribution in [3.8, 4) is 5.88 Å². The number of aromatic hydroxyl groups is 1. The number of hydrogen-bond acceptors (Lipinski definition) is 4. The standard InChI is InChI=1S/C11H18N2OS/c14-10-9-15-11(12-10)13-7-5-3-1-2-4-6-8-13/h9,14H,1-8H2. The highest BCUT2D eigenvalue weighted by Gasteiger charge is 2.11. The molecule has 1 aliphatic heterocycles. The van der Waals surface area contributed by atoms with E-state index >= 15 is 0 Å². The van der Waals surface area contributed by atoms with Gasteiger partial charge in [0.15, 0.2) is 5.13 Å². The summed E-state index contributed by atoms with van der Waals surface area (Å²) in [5, 5.41) is 11.9. The second kappa shape index (κ2) is 5.35. The van der Waals surface area contributed by atoms with Crippen molar-refractivity contribution >= 4 is 16.5 Å². The van der Waals surface area contributed by atoms with Crippen LogP contribution >= 0.6 is 11.3 Å². The Morgan fingerprint density at radius 1 is 1.07 bits per heavy atom. The summed E-state index contributed by atoms with van der Waals surface area (Å²) in [6.45, 7) is 2.18. The molecular weight excluding hydrogens is 208 g/mol. The SMILES string of the molecule is Oc1csc(N2CCCCCCCC2)n1. The van der Waals surface area contributed by atoms with E-state index in [2.05, 4.69) is 9.88 Å². The van der Waals surface area contributed by atoms with Crippen LogP contribution < -0.4 is 4.90 Å². The van der Waals surface area contributed by atoms with Crippen LogP contribution in [0.5, 0.6) is 5.88 Å². The van der Waals surface area contributed by atoms with E-state index in [0.29, 0.717) is 0 Å². The minimum atomic E-state index is 0.162. The van der Waals surface area contributed by atoms with Crippen molar-refractivity contribution in [2.45, 2.75) is 38.5 Å². The predicted molar refractivity (Wildman–Crippen MR) is 63.7 cm³/mol. The van der Waals surface area contributed by atoms with E-state index in [-0.39, 0.29) is 5.88 Å². The first-order chi connectivity index (χ1) is 7.36. The van der Waals surface area contributed by atoms with Crippen molar-refractivity contribution in [2.75, 3.05) is 18.0 Å². The van der Waals surface area contributed by atoms with E-state index in [1.807, 2.05) is 0 Å². The van der Waals surface area contributed by atoms with Crippen LogP contribution in [0.4, 0.5) is 5.13 Å². The number of rotatable bonds is 1. The van der Waals surface area contributed by atoms with E-state index in [4.69, 9.17) is 0 Å². The second-order valence-electron chi connectivity index (χ2n) is 4.10. The molecular formula is C11H18N2OS. The normalized spacial score (nSPS) is 19.3. The third kappa shape index (κ3) is 3.09. The minimum Gasteiger partial charge on any atom is -0.493 e. The quantitative estimate of drug-likeness (QED) is 0.799. The average molecular weight is 226 g/mol. The predicted octanol–water partition coefficient (Wildman–Crippen LogP) is 3.01.